The monoisotopic (exact) mass is 698 g/mol. The van der Waals surface area contributed by atoms with Crippen molar-refractivity contribution in [2.75, 3.05) is 11.9 Å². The second-order valence-corrected chi connectivity index (χ2v) is 14.8. The fraction of sp³-hybridized carbons (Fsp3) is 0.0189. The van der Waals surface area contributed by atoms with Gasteiger partial charge in [0.1, 0.15) is 0 Å². The van der Waals surface area contributed by atoms with Crippen LogP contribution >= 0.6 is 0 Å². The van der Waals surface area contributed by atoms with Gasteiger partial charge in [-0.25, -0.2) is 0 Å². The predicted octanol–water partition coefficient (Wildman–Crippen LogP) is 14.2. The molecule has 1 N–H and O–H groups in total. The normalized spacial score (nSPS) is 12.7. The minimum Gasteiger partial charge on any atom is -0.381 e. The predicted molar refractivity (Wildman–Crippen MR) is 234 cm³/mol. The molecular formula is C53H34N2. The van der Waals surface area contributed by atoms with E-state index in [1.165, 1.54) is 110 Å². The Kier molecular flexibility index (Phi) is 6.43. The zero-order chi connectivity index (χ0) is 36.0. The van der Waals surface area contributed by atoms with Gasteiger partial charge in [-0.05, 0) is 113 Å². The van der Waals surface area contributed by atoms with Crippen LogP contribution in [0.2, 0.25) is 0 Å². The molecule has 0 radical (unpaired) electrons. The maximum Gasteiger partial charge on any atom is 0.0562 e. The summed E-state index contributed by atoms with van der Waals surface area (Å²) in [4.78, 5) is 0. The summed E-state index contributed by atoms with van der Waals surface area (Å²) in [7, 11) is 0. The summed E-state index contributed by atoms with van der Waals surface area (Å²) in [5.41, 5.74) is 18.8. The van der Waals surface area contributed by atoms with Gasteiger partial charge in [-0.1, -0.05) is 158 Å². The molecule has 0 unspecified atom stereocenters. The average Bonchev–Trinajstić information content (AvgIpc) is 3.76. The second-order valence-electron chi connectivity index (χ2n) is 14.8. The van der Waals surface area contributed by atoms with Gasteiger partial charge < -0.3 is 9.88 Å². The molecule has 0 bridgehead atoms. The molecule has 2 heteroatoms. The lowest BCUT2D eigenvalue weighted by molar-refractivity contribution is 1.18. The quantitative estimate of drug-likeness (QED) is 0.194. The Morgan fingerprint density at radius 2 is 1.00 bits per heavy atom. The van der Waals surface area contributed by atoms with Crippen LogP contribution in [0.15, 0.2) is 182 Å². The molecule has 0 saturated heterocycles. The van der Waals surface area contributed by atoms with Crippen LogP contribution in [0.25, 0.3) is 111 Å². The highest BCUT2D eigenvalue weighted by atomic mass is 15.0. The van der Waals surface area contributed by atoms with Crippen molar-refractivity contribution in [3.63, 3.8) is 0 Å². The molecule has 0 spiro atoms. The van der Waals surface area contributed by atoms with Crippen LogP contribution in [0, 0.1) is 0 Å². The van der Waals surface area contributed by atoms with Crippen molar-refractivity contribution >= 4 is 55.1 Å². The molecule has 55 heavy (non-hydrogen) atoms. The number of anilines is 1. The number of fused-ring (bicyclic) bond motifs is 8. The van der Waals surface area contributed by atoms with Gasteiger partial charge in [0.15, 0.2) is 0 Å². The van der Waals surface area contributed by atoms with Crippen molar-refractivity contribution in [3.8, 4) is 61.3 Å². The molecule has 9 aromatic carbocycles. The molecule has 0 amide bonds. The lowest BCUT2D eigenvalue weighted by atomic mass is 9.82. The van der Waals surface area contributed by atoms with E-state index in [9.17, 15) is 0 Å². The first-order chi connectivity index (χ1) is 27.3. The molecule has 0 fully saturated rings. The Labute approximate surface area is 319 Å². The van der Waals surface area contributed by atoms with Gasteiger partial charge in [0, 0.05) is 28.7 Å². The molecule has 12 rings (SSSR count). The van der Waals surface area contributed by atoms with E-state index >= 15 is 0 Å². The molecule has 2 nitrogen and oxygen atoms in total. The summed E-state index contributed by atoms with van der Waals surface area (Å²) in [5.74, 6) is 0. The Morgan fingerprint density at radius 1 is 0.400 bits per heavy atom. The van der Waals surface area contributed by atoms with Crippen molar-refractivity contribution in [2.45, 2.75) is 0 Å². The fourth-order valence-corrected chi connectivity index (χ4v) is 9.61. The van der Waals surface area contributed by atoms with Gasteiger partial charge in [-0.15, -0.1) is 0 Å². The van der Waals surface area contributed by atoms with Gasteiger partial charge in [0.05, 0.1) is 11.0 Å². The molecule has 0 saturated carbocycles. The SMILES string of the molecule is C1=Cc2cc3c4ccccc4n(-c4ccc(-c5ccc6c7c(cccc57)-c5c-6c(-c6ccccc6)c6ccccc6c5-c5ccccc5)cc4)c3cc2NC1. The fourth-order valence-electron chi connectivity index (χ4n) is 9.61. The number of hydrogen-bond donors (Lipinski definition) is 1. The van der Waals surface area contributed by atoms with E-state index in [2.05, 4.69) is 198 Å². The van der Waals surface area contributed by atoms with Gasteiger partial charge >= 0.3 is 0 Å². The average molecular weight is 699 g/mol. The summed E-state index contributed by atoms with van der Waals surface area (Å²) >= 11 is 0. The van der Waals surface area contributed by atoms with E-state index in [4.69, 9.17) is 0 Å². The highest BCUT2D eigenvalue weighted by Gasteiger charge is 2.31. The molecule has 0 atom stereocenters. The lowest BCUT2D eigenvalue weighted by Crippen LogP contribution is -2.04. The number of rotatable bonds is 4. The summed E-state index contributed by atoms with van der Waals surface area (Å²) < 4.78 is 2.42. The molecule has 1 aromatic heterocycles. The van der Waals surface area contributed by atoms with E-state index in [1.54, 1.807) is 0 Å². The molecular weight excluding hydrogens is 665 g/mol. The highest BCUT2D eigenvalue weighted by molar-refractivity contribution is 6.28. The summed E-state index contributed by atoms with van der Waals surface area (Å²) in [6.07, 6.45) is 4.42. The summed E-state index contributed by atoms with van der Waals surface area (Å²) in [6.45, 7) is 0.852. The number of benzene rings is 9. The van der Waals surface area contributed by atoms with E-state index in [1.807, 2.05) is 0 Å². The Hall–Kier alpha value is -7.16. The number of nitrogens with zero attached hydrogens (tertiary/aromatic N) is 1. The molecule has 2 aliphatic rings. The zero-order valence-corrected chi connectivity index (χ0v) is 30.1. The third-order valence-corrected chi connectivity index (χ3v) is 11.9. The second kappa shape index (κ2) is 11.7. The molecule has 2 heterocycles. The third kappa shape index (κ3) is 4.37. The van der Waals surface area contributed by atoms with Crippen molar-refractivity contribution in [3.05, 3.63) is 188 Å². The molecule has 1 aliphatic heterocycles. The van der Waals surface area contributed by atoms with E-state index in [0.717, 1.165) is 12.2 Å². The Morgan fingerprint density at radius 3 is 1.71 bits per heavy atom. The smallest absolute Gasteiger partial charge is 0.0562 e. The molecule has 1 aliphatic carbocycles. The van der Waals surface area contributed by atoms with Crippen LogP contribution in [0.3, 0.4) is 0 Å². The largest absolute Gasteiger partial charge is 0.381 e. The maximum absolute atomic E-state index is 3.58. The highest BCUT2D eigenvalue weighted by Crippen LogP contribution is 2.58. The minimum absolute atomic E-state index is 0.852. The minimum atomic E-state index is 0.852. The van der Waals surface area contributed by atoms with Gasteiger partial charge in [0.2, 0.25) is 0 Å². The summed E-state index contributed by atoms with van der Waals surface area (Å²) in [5, 5.41) is 11.3. The zero-order valence-electron chi connectivity index (χ0n) is 30.1. The van der Waals surface area contributed by atoms with Crippen LogP contribution in [0.1, 0.15) is 5.56 Å². The van der Waals surface area contributed by atoms with Crippen molar-refractivity contribution in [2.24, 2.45) is 0 Å². The molecule has 256 valence electrons. The standard InChI is InChI=1S/C53H34N2/c1-3-13-34(14-4-1)49-41-19-7-8-20-42(41)50(35-15-5-2-6-16-35)53-44-29-28-38(40-21-11-22-43(51(40)44)52(49)53)33-24-26-37(27-25-33)55-47-23-10-9-18-39(47)45-31-36-17-12-30-54-46(36)32-48(45)55/h1-29,31-32,54H,30H2. The van der Waals surface area contributed by atoms with Crippen LogP contribution in [-0.4, -0.2) is 11.1 Å². The van der Waals surface area contributed by atoms with Crippen LogP contribution < -0.4 is 5.32 Å². The van der Waals surface area contributed by atoms with Crippen LogP contribution in [0.5, 0.6) is 0 Å². The number of hydrogen-bond acceptors (Lipinski definition) is 1. The molecule has 10 aromatic rings. The van der Waals surface area contributed by atoms with Crippen LogP contribution in [-0.2, 0) is 0 Å². The van der Waals surface area contributed by atoms with Crippen molar-refractivity contribution < 1.29 is 0 Å². The van der Waals surface area contributed by atoms with Crippen LogP contribution in [0.4, 0.5) is 5.69 Å². The van der Waals surface area contributed by atoms with E-state index < -0.39 is 0 Å². The number of aromatic nitrogens is 1. The number of para-hydroxylation sites is 1. The van der Waals surface area contributed by atoms with E-state index in [0.29, 0.717) is 0 Å². The number of nitrogens with one attached hydrogen (secondary N) is 1. The maximum atomic E-state index is 3.58. The third-order valence-electron chi connectivity index (χ3n) is 11.9. The topological polar surface area (TPSA) is 17.0 Å². The lowest BCUT2D eigenvalue weighted by Gasteiger charge is -2.20. The van der Waals surface area contributed by atoms with Crippen molar-refractivity contribution in [1.29, 1.82) is 0 Å². The van der Waals surface area contributed by atoms with Gasteiger partial charge in [0.25, 0.3) is 0 Å². The first-order valence-corrected chi connectivity index (χ1v) is 19.2. The Bertz CT molecular complexity index is 3130. The first kappa shape index (κ1) is 30.3. The summed E-state index contributed by atoms with van der Waals surface area (Å²) in [6, 6.07) is 65.2. The van der Waals surface area contributed by atoms with Crippen molar-refractivity contribution in [1.82, 2.24) is 4.57 Å². The Balaban J connectivity index is 1.07. The van der Waals surface area contributed by atoms with Gasteiger partial charge in [-0.3, -0.25) is 0 Å². The first-order valence-electron chi connectivity index (χ1n) is 19.2. The van der Waals surface area contributed by atoms with E-state index in [-0.39, 0.29) is 0 Å². The van der Waals surface area contributed by atoms with Gasteiger partial charge in [-0.2, -0.15) is 0 Å².